The zero-order chi connectivity index (χ0) is 20.8. The highest BCUT2D eigenvalue weighted by Crippen LogP contribution is 2.27. The molecule has 0 radical (unpaired) electrons. The number of carbonyl (C=O) groups excluding carboxylic acids is 2. The van der Waals surface area contributed by atoms with Crippen LogP contribution in [-0.2, 0) is 16.1 Å². The molecule has 3 aromatic rings. The van der Waals surface area contributed by atoms with Crippen molar-refractivity contribution >= 4 is 39.2 Å². The van der Waals surface area contributed by atoms with E-state index in [9.17, 15) is 19.7 Å². The first-order valence-corrected chi connectivity index (χ1v) is 9.06. The van der Waals surface area contributed by atoms with Gasteiger partial charge in [0.05, 0.1) is 23.4 Å². The molecule has 0 bridgehead atoms. The first-order chi connectivity index (χ1) is 13.9. The number of nitro groups is 1. The number of aromatic nitrogens is 3. The Labute approximate surface area is 172 Å². The van der Waals surface area contributed by atoms with Crippen molar-refractivity contribution in [3.05, 3.63) is 80.6 Å². The molecule has 0 spiro atoms. The first kappa shape index (κ1) is 20.1. The minimum atomic E-state index is -0.790. The summed E-state index contributed by atoms with van der Waals surface area (Å²) in [4.78, 5) is 34.2. The summed E-state index contributed by atoms with van der Waals surface area (Å²) in [5.41, 5.74) is 1.15. The van der Waals surface area contributed by atoms with Gasteiger partial charge in [-0.3, -0.25) is 14.9 Å². The summed E-state index contributed by atoms with van der Waals surface area (Å²) in [6.07, 6.45) is 1.43. The number of benzene rings is 2. The zero-order valence-corrected chi connectivity index (χ0v) is 16.4. The highest BCUT2D eigenvalue weighted by Gasteiger charge is 2.16. The van der Waals surface area contributed by atoms with Gasteiger partial charge in [-0.15, -0.1) is 5.10 Å². The van der Waals surface area contributed by atoms with Crippen molar-refractivity contribution in [3.63, 3.8) is 0 Å². The Morgan fingerprint density at radius 1 is 1.21 bits per heavy atom. The third kappa shape index (κ3) is 5.45. The van der Waals surface area contributed by atoms with Crippen molar-refractivity contribution in [2.75, 3.05) is 11.9 Å². The number of nitrogens with zero attached hydrogens (tertiary/aromatic N) is 4. The Balaban J connectivity index is 1.53. The van der Waals surface area contributed by atoms with E-state index in [1.54, 1.807) is 0 Å². The molecule has 10 nitrogen and oxygen atoms in total. The minimum Gasteiger partial charge on any atom is -0.451 e. The van der Waals surface area contributed by atoms with E-state index < -0.39 is 23.4 Å². The molecule has 0 aliphatic rings. The molecular weight excluding hydrogens is 446 g/mol. The number of carbonyl (C=O) groups is 2. The normalized spacial score (nSPS) is 10.4. The maximum absolute atomic E-state index is 12.1. The summed E-state index contributed by atoms with van der Waals surface area (Å²) in [6, 6.07) is 13.4. The van der Waals surface area contributed by atoms with Gasteiger partial charge in [0.25, 0.3) is 11.6 Å². The topological polar surface area (TPSA) is 129 Å². The first-order valence-electron chi connectivity index (χ1n) is 8.27. The third-order valence-electron chi connectivity index (χ3n) is 3.71. The van der Waals surface area contributed by atoms with E-state index in [0.29, 0.717) is 16.7 Å². The van der Waals surface area contributed by atoms with Crippen LogP contribution in [0.2, 0.25) is 0 Å². The largest absolute Gasteiger partial charge is 0.451 e. The molecule has 3 rings (SSSR count). The van der Waals surface area contributed by atoms with Gasteiger partial charge >= 0.3 is 5.97 Å². The molecule has 11 heteroatoms. The van der Waals surface area contributed by atoms with Crippen molar-refractivity contribution in [1.29, 1.82) is 0 Å². The predicted octanol–water partition coefficient (Wildman–Crippen LogP) is 2.79. The van der Waals surface area contributed by atoms with E-state index in [1.807, 2.05) is 30.3 Å². The molecule has 148 valence electrons. The summed E-state index contributed by atoms with van der Waals surface area (Å²) in [7, 11) is 0. The molecule has 0 fully saturated rings. The predicted molar refractivity (Wildman–Crippen MR) is 105 cm³/mol. The van der Waals surface area contributed by atoms with Gasteiger partial charge in [-0.2, -0.15) is 0 Å². The van der Waals surface area contributed by atoms with Crippen LogP contribution in [0.15, 0.2) is 59.2 Å². The molecule has 0 unspecified atom stereocenters. The summed E-state index contributed by atoms with van der Waals surface area (Å²) < 4.78 is 6.75. The van der Waals surface area contributed by atoms with Gasteiger partial charge in [-0.05, 0) is 27.6 Å². The van der Waals surface area contributed by atoms with Crippen LogP contribution in [0.4, 0.5) is 11.4 Å². The minimum absolute atomic E-state index is 0.0229. The third-order valence-corrected chi connectivity index (χ3v) is 4.36. The molecule has 2 aromatic carbocycles. The standard InChI is InChI=1S/C18H14BrN5O5/c19-14-8-13(24(27)28)6-7-15(14)20-17(25)11-29-18(26)16-10-23(22-21-16)9-12-4-2-1-3-5-12/h1-8,10H,9,11H2,(H,20,25). The van der Waals surface area contributed by atoms with Gasteiger partial charge in [-0.25, -0.2) is 9.48 Å². The van der Waals surface area contributed by atoms with E-state index in [1.165, 1.54) is 29.1 Å². The number of hydrogen-bond acceptors (Lipinski definition) is 7. The number of nitro benzene ring substituents is 1. The number of nitrogens with one attached hydrogen (secondary N) is 1. The number of non-ortho nitro benzene ring substituents is 1. The SMILES string of the molecule is O=C(COC(=O)c1cn(Cc2ccccc2)nn1)Nc1ccc([N+](=O)[O-])cc1Br. The van der Waals surface area contributed by atoms with Crippen LogP contribution in [0.5, 0.6) is 0 Å². The Bertz CT molecular complexity index is 1050. The number of esters is 1. The Hall–Kier alpha value is -3.60. The Morgan fingerprint density at radius 3 is 2.66 bits per heavy atom. The summed E-state index contributed by atoms with van der Waals surface area (Å²) >= 11 is 3.14. The molecular formula is C18H14BrN5O5. The maximum atomic E-state index is 12.1. The number of anilines is 1. The quantitative estimate of drug-likeness (QED) is 0.326. The van der Waals surface area contributed by atoms with Gasteiger partial charge in [0.15, 0.2) is 12.3 Å². The van der Waals surface area contributed by atoms with Gasteiger partial charge in [0.2, 0.25) is 0 Å². The molecule has 1 heterocycles. The van der Waals surface area contributed by atoms with Gasteiger partial charge in [0.1, 0.15) is 0 Å². The summed E-state index contributed by atoms with van der Waals surface area (Å²) in [6.45, 7) is -0.108. The van der Waals surface area contributed by atoms with Crippen LogP contribution in [0, 0.1) is 10.1 Å². The van der Waals surface area contributed by atoms with Crippen LogP contribution in [0.1, 0.15) is 16.1 Å². The lowest BCUT2D eigenvalue weighted by Crippen LogP contribution is -2.21. The Morgan fingerprint density at radius 2 is 1.97 bits per heavy atom. The second kappa shape index (κ2) is 9.06. The molecule has 0 atom stereocenters. The van der Waals surface area contributed by atoms with Crippen LogP contribution >= 0.6 is 15.9 Å². The monoisotopic (exact) mass is 459 g/mol. The van der Waals surface area contributed by atoms with Gasteiger partial charge in [0, 0.05) is 16.6 Å². The van der Waals surface area contributed by atoms with Crippen molar-refractivity contribution in [1.82, 2.24) is 15.0 Å². The molecule has 1 N–H and O–H groups in total. The smallest absolute Gasteiger partial charge is 0.361 e. The van der Waals surface area contributed by atoms with Crippen LogP contribution in [0.3, 0.4) is 0 Å². The van der Waals surface area contributed by atoms with E-state index in [0.717, 1.165) is 5.56 Å². The molecule has 29 heavy (non-hydrogen) atoms. The van der Waals surface area contributed by atoms with Crippen LogP contribution < -0.4 is 5.32 Å². The number of hydrogen-bond donors (Lipinski definition) is 1. The Kier molecular flexibility index (Phi) is 6.29. The molecule has 1 amide bonds. The van der Waals surface area contributed by atoms with Crippen LogP contribution in [0.25, 0.3) is 0 Å². The fourth-order valence-corrected chi connectivity index (χ4v) is 2.82. The molecule has 0 aliphatic carbocycles. The second-order valence-electron chi connectivity index (χ2n) is 5.83. The van der Waals surface area contributed by atoms with Crippen LogP contribution in [-0.4, -0.2) is 38.4 Å². The van der Waals surface area contributed by atoms with Gasteiger partial charge < -0.3 is 10.1 Å². The van der Waals surface area contributed by atoms with Gasteiger partial charge in [-0.1, -0.05) is 35.5 Å². The van der Waals surface area contributed by atoms with E-state index in [2.05, 4.69) is 31.6 Å². The lowest BCUT2D eigenvalue weighted by Gasteiger charge is -2.07. The highest BCUT2D eigenvalue weighted by molar-refractivity contribution is 9.10. The zero-order valence-electron chi connectivity index (χ0n) is 14.8. The number of amides is 1. The fourth-order valence-electron chi connectivity index (χ4n) is 2.35. The average Bonchev–Trinajstić information content (AvgIpc) is 3.17. The van der Waals surface area contributed by atoms with E-state index in [4.69, 9.17) is 4.74 Å². The second-order valence-corrected chi connectivity index (χ2v) is 6.69. The summed E-state index contributed by atoms with van der Waals surface area (Å²) in [5.74, 6) is -1.40. The van der Waals surface area contributed by atoms with E-state index >= 15 is 0 Å². The molecule has 0 saturated carbocycles. The lowest BCUT2D eigenvalue weighted by molar-refractivity contribution is -0.384. The van der Waals surface area contributed by atoms with Crippen molar-refractivity contribution in [3.8, 4) is 0 Å². The highest BCUT2D eigenvalue weighted by atomic mass is 79.9. The van der Waals surface area contributed by atoms with E-state index in [-0.39, 0.29) is 11.4 Å². The molecule has 1 aromatic heterocycles. The molecule has 0 aliphatic heterocycles. The fraction of sp³-hybridized carbons (Fsp3) is 0.111. The maximum Gasteiger partial charge on any atom is 0.361 e. The number of rotatable bonds is 7. The van der Waals surface area contributed by atoms with Crippen molar-refractivity contribution in [2.24, 2.45) is 0 Å². The molecule has 0 saturated heterocycles. The number of ether oxygens (including phenoxy) is 1. The lowest BCUT2D eigenvalue weighted by atomic mass is 10.2. The summed E-state index contributed by atoms with van der Waals surface area (Å²) in [5, 5.41) is 20.8. The van der Waals surface area contributed by atoms with Crippen molar-refractivity contribution < 1.29 is 19.2 Å². The average molecular weight is 460 g/mol. The number of halogens is 1. The van der Waals surface area contributed by atoms with Crippen molar-refractivity contribution in [2.45, 2.75) is 6.54 Å².